The van der Waals surface area contributed by atoms with Gasteiger partial charge in [-0.2, -0.15) is 0 Å². The third kappa shape index (κ3) is 4.99. The minimum Gasteiger partial charge on any atom is -0.657 e. The van der Waals surface area contributed by atoms with Gasteiger partial charge in [-0.1, -0.05) is 103 Å². The van der Waals surface area contributed by atoms with Gasteiger partial charge in [0.25, 0.3) is 0 Å². The molecule has 0 bridgehead atoms. The molecule has 1 radical (unpaired) electrons. The van der Waals surface area contributed by atoms with Crippen LogP contribution in [0, 0.1) is 6.67 Å². The molecule has 0 N–H and O–H groups in total. The molecule has 44 heavy (non-hydrogen) atoms. The first kappa shape index (κ1) is 27.8. The maximum absolute atomic E-state index is 4.75. The van der Waals surface area contributed by atoms with E-state index in [1.807, 2.05) is 42.5 Å². The number of hydrogen-bond acceptors (Lipinski definition) is 2. The molecule has 3 heterocycles. The molecule has 0 amide bonds. The molecule has 8 aromatic rings. The molecule has 0 saturated heterocycles. The summed E-state index contributed by atoms with van der Waals surface area (Å²) in [7, 11) is 0. The Kier molecular flexibility index (Phi) is 7.55. The van der Waals surface area contributed by atoms with E-state index in [0.717, 1.165) is 11.0 Å². The maximum atomic E-state index is 4.75. The Balaban J connectivity index is 0.000000152. The van der Waals surface area contributed by atoms with E-state index in [-0.39, 0.29) is 22.4 Å². The molecular weight excluding hydrogens is 721 g/mol. The van der Waals surface area contributed by atoms with Crippen molar-refractivity contribution in [2.24, 2.45) is 0 Å². The fraction of sp³-hybridized carbons (Fsp3) is 0. The van der Waals surface area contributed by atoms with Crippen molar-refractivity contribution in [3.05, 3.63) is 171 Å². The van der Waals surface area contributed by atoms with Gasteiger partial charge in [-0.25, -0.2) is 0 Å². The zero-order valence-electron chi connectivity index (χ0n) is 23.8. The van der Waals surface area contributed by atoms with Gasteiger partial charge in [0, 0.05) is 50.2 Å². The van der Waals surface area contributed by atoms with Crippen LogP contribution < -0.4 is 14.8 Å². The topological polar surface area (TPSA) is 25.5 Å². The average Bonchev–Trinajstić information content (AvgIpc) is 3.80. The van der Waals surface area contributed by atoms with E-state index in [1.54, 1.807) is 0 Å². The van der Waals surface area contributed by atoms with Crippen molar-refractivity contribution >= 4 is 55.0 Å². The number of aromatic nitrogens is 2. The SMILES string of the molecule is C1=CN(c2ccccc2)[CH-]N1c1ccccc1.[Au].c1ccc2c(c1)[n-]c1ccc(-n3c4ccccc4c4ccccc43)cc12. The molecule has 0 fully saturated rings. The molecule has 0 unspecified atom stereocenters. The Morgan fingerprint density at radius 1 is 0.409 bits per heavy atom. The first-order valence-electron chi connectivity index (χ1n) is 14.5. The van der Waals surface area contributed by atoms with Gasteiger partial charge >= 0.3 is 0 Å². The fourth-order valence-corrected chi connectivity index (χ4v) is 5.97. The molecule has 1 aliphatic rings. The summed E-state index contributed by atoms with van der Waals surface area (Å²) in [5.74, 6) is 0. The van der Waals surface area contributed by atoms with Gasteiger partial charge in [-0.3, -0.25) is 0 Å². The van der Waals surface area contributed by atoms with E-state index in [4.69, 9.17) is 4.98 Å². The molecule has 6 aromatic carbocycles. The second-order valence-electron chi connectivity index (χ2n) is 10.6. The van der Waals surface area contributed by atoms with Crippen LogP contribution >= 0.6 is 0 Å². The zero-order chi connectivity index (χ0) is 28.6. The van der Waals surface area contributed by atoms with Crippen LogP contribution in [0.3, 0.4) is 0 Å². The van der Waals surface area contributed by atoms with Crippen molar-refractivity contribution in [3.8, 4) is 5.69 Å². The summed E-state index contributed by atoms with van der Waals surface area (Å²) in [6.07, 6.45) is 4.12. The summed E-state index contributed by atoms with van der Waals surface area (Å²) >= 11 is 0. The number of para-hydroxylation sites is 5. The Labute approximate surface area is 272 Å². The number of anilines is 2. The second-order valence-corrected chi connectivity index (χ2v) is 10.6. The number of benzene rings is 6. The largest absolute Gasteiger partial charge is 0.657 e. The molecule has 0 saturated carbocycles. The van der Waals surface area contributed by atoms with Gasteiger partial charge in [-0.05, 0) is 71.7 Å². The Morgan fingerprint density at radius 3 is 1.48 bits per heavy atom. The molecule has 0 spiro atoms. The fourth-order valence-electron chi connectivity index (χ4n) is 5.97. The van der Waals surface area contributed by atoms with Crippen LogP contribution in [0.15, 0.2) is 164 Å². The van der Waals surface area contributed by atoms with E-state index in [2.05, 4.69) is 143 Å². The van der Waals surface area contributed by atoms with Crippen molar-refractivity contribution in [3.63, 3.8) is 0 Å². The van der Waals surface area contributed by atoms with Gasteiger partial charge in [0.1, 0.15) is 0 Å². The summed E-state index contributed by atoms with van der Waals surface area (Å²) in [5, 5.41) is 4.99. The van der Waals surface area contributed by atoms with E-state index in [0.29, 0.717) is 0 Å². The first-order valence-corrected chi connectivity index (χ1v) is 14.5. The van der Waals surface area contributed by atoms with E-state index in [1.165, 1.54) is 49.6 Å². The van der Waals surface area contributed by atoms with Gasteiger partial charge < -0.3 is 19.4 Å². The van der Waals surface area contributed by atoms with E-state index < -0.39 is 0 Å². The second kappa shape index (κ2) is 11.9. The normalized spacial score (nSPS) is 12.5. The minimum absolute atomic E-state index is 0. The van der Waals surface area contributed by atoms with Crippen LogP contribution in [0.1, 0.15) is 0 Å². The van der Waals surface area contributed by atoms with Crippen molar-refractivity contribution in [2.75, 3.05) is 9.80 Å². The Bertz CT molecular complexity index is 2130. The molecule has 4 nitrogen and oxygen atoms in total. The van der Waals surface area contributed by atoms with Gasteiger partial charge in [0.2, 0.25) is 0 Å². The van der Waals surface area contributed by atoms with Crippen LogP contribution in [0.5, 0.6) is 0 Å². The van der Waals surface area contributed by atoms with Crippen LogP contribution in [0.25, 0.3) is 49.3 Å². The van der Waals surface area contributed by atoms with Gasteiger partial charge in [0.05, 0.1) is 11.0 Å². The maximum Gasteiger partial charge on any atom is 0.0541 e. The van der Waals surface area contributed by atoms with Crippen LogP contribution in [0.2, 0.25) is 0 Å². The smallest absolute Gasteiger partial charge is 0.0541 e. The molecule has 5 heteroatoms. The van der Waals surface area contributed by atoms with E-state index >= 15 is 0 Å². The molecular formula is C39H28AuN4-2. The van der Waals surface area contributed by atoms with Gasteiger partial charge in [0.15, 0.2) is 0 Å². The summed E-state index contributed by atoms with van der Waals surface area (Å²) in [6.45, 7) is 2.07. The zero-order valence-corrected chi connectivity index (χ0v) is 25.9. The standard InChI is InChI=1S/C24H15N2.C15H13N2.Au/c1-4-10-21-17(7-1)20-15-16(13-14-22(20)25-21)26-23-11-5-2-8-18(23)19-9-3-6-12-24(19)26;1-3-7-14(8-4-1)16-11-12-17(13-16)15-9-5-2-6-10-15;/h1-15H;1-13H;/q2*-1;. The quantitative estimate of drug-likeness (QED) is 0.133. The summed E-state index contributed by atoms with van der Waals surface area (Å²) in [6, 6.07) is 52.7. The van der Waals surface area contributed by atoms with Crippen LogP contribution in [0.4, 0.5) is 11.4 Å². The van der Waals surface area contributed by atoms with Crippen molar-refractivity contribution in [1.82, 2.24) is 9.55 Å². The predicted octanol–water partition coefficient (Wildman–Crippen LogP) is 9.65. The summed E-state index contributed by atoms with van der Waals surface area (Å²) in [5.41, 5.74) is 8.09. The van der Waals surface area contributed by atoms with Crippen LogP contribution in [-0.2, 0) is 22.4 Å². The molecule has 0 atom stereocenters. The molecule has 217 valence electrons. The molecule has 1 aliphatic heterocycles. The van der Waals surface area contributed by atoms with Crippen molar-refractivity contribution < 1.29 is 22.4 Å². The minimum atomic E-state index is 0. The molecule has 0 aliphatic carbocycles. The predicted molar refractivity (Wildman–Crippen MR) is 180 cm³/mol. The number of rotatable bonds is 3. The van der Waals surface area contributed by atoms with Crippen molar-refractivity contribution in [2.45, 2.75) is 0 Å². The Hall–Kier alpha value is -5.00. The number of hydrogen-bond donors (Lipinski definition) is 0. The molecule has 9 rings (SSSR count). The average molecular weight is 750 g/mol. The molecule has 2 aromatic heterocycles. The summed E-state index contributed by atoms with van der Waals surface area (Å²) < 4.78 is 2.35. The van der Waals surface area contributed by atoms with E-state index in [9.17, 15) is 0 Å². The third-order valence-corrected chi connectivity index (χ3v) is 8.00. The van der Waals surface area contributed by atoms with Crippen molar-refractivity contribution in [1.29, 1.82) is 0 Å². The first-order chi connectivity index (χ1) is 21.3. The number of fused-ring (bicyclic) bond motifs is 6. The van der Waals surface area contributed by atoms with Gasteiger partial charge in [-0.15, -0.1) is 17.7 Å². The monoisotopic (exact) mass is 749 g/mol. The van der Waals surface area contributed by atoms with Crippen LogP contribution in [-0.4, -0.2) is 4.57 Å². The number of nitrogens with zero attached hydrogens (tertiary/aromatic N) is 4. The Morgan fingerprint density at radius 2 is 0.886 bits per heavy atom. The third-order valence-electron chi connectivity index (χ3n) is 8.00. The summed E-state index contributed by atoms with van der Waals surface area (Å²) in [4.78, 5) is 8.96.